The lowest BCUT2D eigenvalue weighted by Crippen LogP contribution is -2.36. The Bertz CT molecular complexity index is 878. The molecule has 0 spiro atoms. The van der Waals surface area contributed by atoms with Gasteiger partial charge in [0.1, 0.15) is 6.04 Å². The number of nitrogens with one attached hydrogen (secondary N) is 1. The Morgan fingerprint density at radius 1 is 1.40 bits per heavy atom. The summed E-state index contributed by atoms with van der Waals surface area (Å²) in [5.41, 5.74) is 2.69. The van der Waals surface area contributed by atoms with Crippen molar-refractivity contribution >= 4 is 23.5 Å². The van der Waals surface area contributed by atoms with E-state index in [1.165, 1.54) is 0 Å². The van der Waals surface area contributed by atoms with E-state index in [4.69, 9.17) is 0 Å². The number of Topliss-reactive ketones (excluding diaryl/α,β-unsaturated/α-hetero) is 1. The van der Waals surface area contributed by atoms with E-state index in [9.17, 15) is 4.79 Å². The van der Waals surface area contributed by atoms with Gasteiger partial charge in [0.05, 0.1) is 6.20 Å². The lowest BCUT2D eigenvalue weighted by Gasteiger charge is -2.37. The van der Waals surface area contributed by atoms with Gasteiger partial charge in [0, 0.05) is 36.5 Å². The number of hydrogen-bond acceptors (Lipinski definition) is 6. The fraction of sp³-hybridized carbons (Fsp3) is 0.529. The second-order valence-corrected chi connectivity index (χ2v) is 8.63. The topological polar surface area (TPSA) is 77.6 Å². The first kappa shape index (κ1) is 16.4. The van der Waals surface area contributed by atoms with Gasteiger partial charge in [-0.1, -0.05) is 32.5 Å². The number of carbonyl (C=O) groups is 1. The average Bonchev–Trinajstić information content (AvgIpc) is 3.10. The molecule has 1 atom stereocenters. The largest absolute Gasteiger partial charge is 0.328 e. The first-order valence-electron chi connectivity index (χ1n) is 8.49. The summed E-state index contributed by atoms with van der Waals surface area (Å²) < 4.78 is 3.59. The van der Waals surface area contributed by atoms with Gasteiger partial charge >= 0.3 is 0 Å². The number of anilines is 1. The van der Waals surface area contributed by atoms with E-state index in [-0.39, 0.29) is 17.2 Å². The Labute approximate surface area is 150 Å². The number of fused-ring (bicyclic) bond motifs is 1. The number of aryl methyl sites for hydroxylation is 1. The summed E-state index contributed by atoms with van der Waals surface area (Å²) in [6.07, 6.45) is 5.14. The molecule has 2 aliphatic rings. The fourth-order valence-electron chi connectivity index (χ4n) is 3.67. The van der Waals surface area contributed by atoms with E-state index >= 15 is 0 Å². The zero-order valence-electron chi connectivity index (χ0n) is 14.9. The van der Waals surface area contributed by atoms with Crippen LogP contribution in [0.15, 0.2) is 28.8 Å². The van der Waals surface area contributed by atoms with Gasteiger partial charge in [0.2, 0.25) is 11.1 Å². The van der Waals surface area contributed by atoms with Crippen LogP contribution < -0.4 is 5.32 Å². The van der Waals surface area contributed by atoms with Crippen LogP contribution in [-0.2, 0) is 11.8 Å². The second-order valence-electron chi connectivity index (χ2n) is 7.40. The maximum absolute atomic E-state index is 13.0. The molecule has 1 N–H and O–H groups in total. The Balaban J connectivity index is 1.87. The summed E-state index contributed by atoms with van der Waals surface area (Å²) in [6.45, 7) is 6.34. The maximum atomic E-state index is 13.0. The second kappa shape index (κ2) is 5.72. The minimum atomic E-state index is -0.262. The molecule has 0 saturated carbocycles. The lowest BCUT2D eigenvalue weighted by atomic mass is 9.73. The third-order valence-electron chi connectivity index (χ3n) is 4.63. The molecule has 0 fully saturated rings. The molecule has 4 rings (SSSR count). The predicted molar refractivity (Wildman–Crippen MR) is 96.4 cm³/mol. The summed E-state index contributed by atoms with van der Waals surface area (Å²) >= 11 is 1.60. The van der Waals surface area contributed by atoms with Gasteiger partial charge in [-0.05, 0) is 17.6 Å². The highest BCUT2D eigenvalue weighted by molar-refractivity contribution is 7.99. The molecule has 0 radical (unpaired) electrons. The number of thioether (sulfide) groups is 1. The van der Waals surface area contributed by atoms with Gasteiger partial charge in [-0.15, -0.1) is 5.10 Å². The molecule has 7 nitrogen and oxygen atoms in total. The van der Waals surface area contributed by atoms with Crippen molar-refractivity contribution in [3.63, 3.8) is 0 Å². The van der Waals surface area contributed by atoms with Crippen LogP contribution in [0.25, 0.3) is 0 Å². The summed E-state index contributed by atoms with van der Waals surface area (Å²) in [6, 6.07) is -0.262. The zero-order valence-corrected chi connectivity index (χ0v) is 15.7. The summed E-state index contributed by atoms with van der Waals surface area (Å²) in [7, 11) is 1.88. The highest BCUT2D eigenvalue weighted by Gasteiger charge is 2.42. The molecule has 0 amide bonds. The van der Waals surface area contributed by atoms with Crippen LogP contribution in [0.2, 0.25) is 0 Å². The molecule has 0 bridgehead atoms. The molecule has 132 valence electrons. The smallest absolute Gasteiger partial charge is 0.227 e. The molecule has 0 unspecified atom stereocenters. The minimum Gasteiger partial charge on any atom is -0.328 e. The molecule has 0 saturated heterocycles. The Morgan fingerprint density at radius 2 is 2.20 bits per heavy atom. The van der Waals surface area contributed by atoms with E-state index in [1.54, 1.807) is 16.4 Å². The van der Waals surface area contributed by atoms with Crippen molar-refractivity contribution in [1.82, 2.24) is 24.5 Å². The zero-order chi connectivity index (χ0) is 17.8. The lowest BCUT2D eigenvalue weighted by molar-refractivity contribution is -0.118. The van der Waals surface area contributed by atoms with Crippen molar-refractivity contribution in [2.75, 3.05) is 11.1 Å². The van der Waals surface area contributed by atoms with Crippen LogP contribution in [0, 0.1) is 5.41 Å². The highest BCUT2D eigenvalue weighted by atomic mass is 32.2. The number of hydrogen-bond donors (Lipinski definition) is 1. The molecular formula is C17H22N6OS. The van der Waals surface area contributed by atoms with Gasteiger partial charge in [-0.25, -0.2) is 4.68 Å². The van der Waals surface area contributed by atoms with Crippen molar-refractivity contribution in [2.45, 2.75) is 44.8 Å². The van der Waals surface area contributed by atoms with E-state index in [0.717, 1.165) is 34.2 Å². The Hall–Kier alpha value is -2.09. The van der Waals surface area contributed by atoms with Crippen LogP contribution in [0.5, 0.6) is 0 Å². The van der Waals surface area contributed by atoms with E-state index in [2.05, 4.69) is 41.3 Å². The number of ketones is 1. The van der Waals surface area contributed by atoms with E-state index in [0.29, 0.717) is 12.4 Å². The number of carbonyl (C=O) groups excluding carboxylic acids is 1. The van der Waals surface area contributed by atoms with Gasteiger partial charge in [0.15, 0.2) is 5.78 Å². The van der Waals surface area contributed by atoms with Crippen molar-refractivity contribution in [3.8, 4) is 0 Å². The molecule has 0 aromatic carbocycles. The van der Waals surface area contributed by atoms with E-state index < -0.39 is 0 Å². The third kappa shape index (κ3) is 2.78. The van der Waals surface area contributed by atoms with Crippen LogP contribution in [0.3, 0.4) is 0 Å². The molecule has 1 aliphatic heterocycles. The maximum Gasteiger partial charge on any atom is 0.227 e. The molecule has 8 heteroatoms. The SMILES string of the molecule is CCSc1nc2n(n1)[C@H](c1cnn(C)c1)C1=C(CC(C)(C)CC1=O)N2. The fourth-order valence-corrected chi connectivity index (χ4v) is 4.22. The van der Waals surface area contributed by atoms with Crippen LogP contribution in [-0.4, -0.2) is 36.1 Å². The van der Waals surface area contributed by atoms with Gasteiger partial charge in [-0.2, -0.15) is 10.1 Å². The van der Waals surface area contributed by atoms with Crippen LogP contribution >= 0.6 is 11.8 Å². The molecule has 3 heterocycles. The third-order valence-corrected chi connectivity index (χ3v) is 5.35. The van der Waals surface area contributed by atoms with Crippen molar-refractivity contribution in [1.29, 1.82) is 0 Å². The highest BCUT2D eigenvalue weighted by Crippen LogP contribution is 2.45. The molecular weight excluding hydrogens is 336 g/mol. The van der Waals surface area contributed by atoms with Gasteiger partial charge < -0.3 is 5.32 Å². The van der Waals surface area contributed by atoms with Crippen molar-refractivity contribution < 1.29 is 4.79 Å². The first-order valence-corrected chi connectivity index (χ1v) is 9.47. The van der Waals surface area contributed by atoms with Gasteiger partial charge in [-0.3, -0.25) is 9.48 Å². The normalized spacial score (nSPS) is 21.8. The van der Waals surface area contributed by atoms with E-state index in [1.807, 2.05) is 24.1 Å². The molecule has 2 aromatic heterocycles. The monoisotopic (exact) mass is 358 g/mol. The quantitative estimate of drug-likeness (QED) is 0.850. The average molecular weight is 358 g/mol. The van der Waals surface area contributed by atoms with Gasteiger partial charge in [0.25, 0.3) is 0 Å². The minimum absolute atomic E-state index is 0.0500. The standard InChI is InChI=1S/C17H22N6OS/c1-5-25-16-20-15-19-11-6-17(2,3)7-12(24)13(11)14(23(15)21-16)10-8-18-22(4)9-10/h8-9,14H,5-7H2,1-4H3,(H,19,20,21)/t14-/m1/s1. The van der Waals surface area contributed by atoms with Crippen molar-refractivity contribution in [2.24, 2.45) is 12.5 Å². The first-order chi connectivity index (χ1) is 11.9. The van der Waals surface area contributed by atoms with Crippen molar-refractivity contribution in [3.05, 3.63) is 29.2 Å². The summed E-state index contributed by atoms with van der Waals surface area (Å²) in [4.78, 5) is 17.6. The predicted octanol–water partition coefficient (Wildman–Crippen LogP) is 2.78. The molecule has 2 aromatic rings. The van der Waals surface area contributed by atoms with Crippen LogP contribution in [0.1, 0.15) is 45.2 Å². The number of allylic oxidation sites excluding steroid dienone is 2. The molecule has 25 heavy (non-hydrogen) atoms. The Morgan fingerprint density at radius 3 is 2.88 bits per heavy atom. The van der Waals surface area contributed by atoms with Crippen LogP contribution in [0.4, 0.5) is 5.95 Å². The molecule has 1 aliphatic carbocycles. The number of rotatable bonds is 3. The number of nitrogens with zero attached hydrogens (tertiary/aromatic N) is 5. The number of aromatic nitrogens is 5. The summed E-state index contributed by atoms with van der Waals surface area (Å²) in [5, 5.41) is 13.1. The summed E-state index contributed by atoms with van der Waals surface area (Å²) in [5.74, 6) is 1.78. The Kier molecular flexibility index (Phi) is 3.75.